The Morgan fingerprint density at radius 3 is 2.55 bits per heavy atom. The SMILES string of the molecule is Cc1c(Br)cc(CN)cc1S(=O)(=O)NCCCC(C)C. The third kappa shape index (κ3) is 4.84. The van der Waals surface area contributed by atoms with Gasteiger partial charge < -0.3 is 5.73 Å². The van der Waals surface area contributed by atoms with Crippen LogP contribution in [0.15, 0.2) is 21.5 Å². The molecular formula is C14H23BrN2O2S. The summed E-state index contributed by atoms with van der Waals surface area (Å²) in [5.74, 6) is 0.580. The molecule has 0 saturated heterocycles. The van der Waals surface area contributed by atoms with Crippen LogP contribution < -0.4 is 10.5 Å². The van der Waals surface area contributed by atoms with Crippen LogP contribution in [-0.4, -0.2) is 15.0 Å². The number of hydrogen-bond acceptors (Lipinski definition) is 3. The van der Waals surface area contributed by atoms with Crippen LogP contribution in [0.2, 0.25) is 0 Å². The van der Waals surface area contributed by atoms with Gasteiger partial charge in [0.05, 0.1) is 4.90 Å². The van der Waals surface area contributed by atoms with Gasteiger partial charge in [-0.25, -0.2) is 13.1 Å². The van der Waals surface area contributed by atoms with E-state index in [4.69, 9.17) is 5.73 Å². The molecule has 6 heteroatoms. The van der Waals surface area contributed by atoms with E-state index in [2.05, 4.69) is 34.5 Å². The third-order valence-corrected chi connectivity index (χ3v) is 5.54. The summed E-state index contributed by atoms with van der Waals surface area (Å²) in [5, 5.41) is 0. The Labute approximate surface area is 130 Å². The molecule has 0 aliphatic rings. The topological polar surface area (TPSA) is 72.2 Å². The van der Waals surface area contributed by atoms with Gasteiger partial charge in [0, 0.05) is 17.6 Å². The van der Waals surface area contributed by atoms with Gasteiger partial charge in [0.1, 0.15) is 0 Å². The first-order valence-electron chi connectivity index (χ1n) is 6.76. The molecule has 0 radical (unpaired) electrons. The van der Waals surface area contributed by atoms with Crippen molar-refractivity contribution in [2.24, 2.45) is 11.7 Å². The van der Waals surface area contributed by atoms with Gasteiger partial charge >= 0.3 is 0 Å². The predicted molar refractivity (Wildman–Crippen MR) is 86.0 cm³/mol. The number of nitrogens with two attached hydrogens (primary N) is 1. The molecule has 0 spiro atoms. The fourth-order valence-corrected chi connectivity index (χ4v) is 3.93. The molecule has 1 rings (SSSR count). The first-order valence-corrected chi connectivity index (χ1v) is 9.04. The van der Waals surface area contributed by atoms with Gasteiger partial charge in [-0.15, -0.1) is 0 Å². The van der Waals surface area contributed by atoms with Crippen LogP contribution in [0.4, 0.5) is 0 Å². The van der Waals surface area contributed by atoms with Crippen molar-refractivity contribution in [3.8, 4) is 0 Å². The summed E-state index contributed by atoms with van der Waals surface area (Å²) in [6, 6.07) is 3.50. The summed E-state index contributed by atoms with van der Waals surface area (Å²) in [5.41, 5.74) is 7.10. The molecule has 114 valence electrons. The normalized spacial score (nSPS) is 12.1. The van der Waals surface area contributed by atoms with Crippen LogP contribution in [0, 0.1) is 12.8 Å². The lowest BCUT2D eigenvalue weighted by Gasteiger charge is -2.13. The number of rotatable bonds is 7. The van der Waals surface area contributed by atoms with E-state index in [0.29, 0.717) is 29.5 Å². The monoisotopic (exact) mass is 362 g/mol. The van der Waals surface area contributed by atoms with Gasteiger partial charge in [-0.05, 0) is 48.9 Å². The Morgan fingerprint density at radius 1 is 1.35 bits per heavy atom. The Morgan fingerprint density at radius 2 is 2.00 bits per heavy atom. The Balaban J connectivity index is 2.89. The van der Waals surface area contributed by atoms with Crippen LogP contribution >= 0.6 is 15.9 Å². The van der Waals surface area contributed by atoms with Crippen LogP contribution in [0.1, 0.15) is 37.8 Å². The number of benzene rings is 1. The summed E-state index contributed by atoms with van der Waals surface area (Å²) in [6.07, 6.45) is 1.85. The molecule has 20 heavy (non-hydrogen) atoms. The fourth-order valence-electron chi connectivity index (χ4n) is 1.90. The molecule has 0 unspecified atom stereocenters. The third-order valence-electron chi connectivity index (χ3n) is 3.13. The maximum atomic E-state index is 12.3. The van der Waals surface area contributed by atoms with Gasteiger partial charge in [-0.2, -0.15) is 0 Å². The molecule has 0 aliphatic heterocycles. The van der Waals surface area contributed by atoms with Crippen LogP contribution in [0.5, 0.6) is 0 Å². The lowest BCUT2D eigenvalue weighted by atomic mass is 10.1. The van der Waals surface area contributed by atoms with E-state index in [1.54, 1.807) is 13.0 Å². The molecule has 0 atom stereocenters. The lowest BCUT2D eigenvalue weighted by Crippen LogP contribution is -2.26. The van der Waals surface area contributed by atoms with Crippen molar-refractivity contribution in [3.63, 3.8) is 0 Å². The molecular weight excluding hydrogens is 340 g/mol. The van der Waals surface area contributed by atoms with Crippen molar-refractivity contribution in [2.45, 2.75) is 45.1 Å². The van der Waals surface area contributed by atoms with Gasteiger partial charge in [-0.1, -0.05) is 29.8 Å². The molecule has 0 saturated carbocycles. The quantitative estimate of drug-likeness (QED) is 0.732. The summed E-state index contributed by atoms with van der Waals surface area (Å²) >= 11 is 3.38. The summed E-state index contributed by atoms with van der Waals surface area (Å²) in [6.45, 7) is 6.81. The first-order chi connectivity index (χ1) is 9.27. The second-order valence-electron chi connectivity index (χ2n) is 5.34. The van der Waals surface area contributed by atoms with Crippen LogP contribution in [0.3, 0.4) is 0 Å². The van der Waals surface area contributed by atoms with Gasteiger partial charge in [0.25, 0.3) is 0 Å². The van der Waals surface area contributed by atoms with E-state index in [-0.39, 0.29) is 0 Å². The van der Waals surface area contributed by atoms with E-state index in [9.17, 15) is 8.42 Å². The van der Waals surface area contributed by atoms with Crippen molar-refractivity contribution < 1.29 is 8.42 Å². The smallest absolute Gasteiger partial charge is 0.240 e. The van der Waals surface area contributed by atoms with E-state index < -0.39 is 10.0 Å². The molecule has 0 fully saturated rings. The highest BCUT2D eigenvalue weighted by Crippen LogP contribution is 2.25. The minimum absolute atomic E-state index is 0.303. The van der Waals surface area contributed by atoms with Gasteiger partial charge in [-0.3, -0.25) is 0 Å². The Hall–Kier alpha value is -0.430. The van der Waals surface area contributed by atoms with E-state index in [0.717, 1.165) is 22.9 Å². The zero-order valence-corrected chi connectivity index (χ0v) is 14.6. The maximum absolute atomic E-state index is 12.3. The maximum Gasteiger partial charge on any atom is 0.240 e. The predicted octanol–water partition coefficient (Wildman–Crippen LogP) is 2.93. The molecule has 3 N–H and O–H groups in total. The second-order valence-corrected chi connectivity index (χ2v) is 7.93. The lowest BCUT2D eigenvalue weighted by molar-refractivity contribution is 0.539. The van der Waals surface area contributed by atoms with E-state index in [1.165, 1.54) is 0 Å². The average Bonchev–Trinajstić information content (AvgIpc) is 2.37. The number of halogens is 1. The van der Waals surface area contributed by atoms with Crippen molar-refractivity contribution in [1.29, 1.82) is 0 Å². The number of sulfonamides is 1. The molecule has 1 aromatic carbocycles. The van der Waals surface area contributed by atoms with Crippen molar-refractivity contribution in [2.75, 3.05) is 6.54 Å². The fraction of sp³-hybridized carbons (Fsp3) is 0.571. The molecule has 0 amide bonds. The minimum atomic E-state index is -3.48. The molecule has 0 heterocycles. The van der Waals surface area contributed by atoms with Crippen molar-refractivity contribution in [1.82, 2.24) is 4.72 Å². The molecule has 0 aliphatic carbocycles. The highest BCUT2D eigenvalue weighted by atomic mass is 79.9. The van der Waals surface area contributed by atoms with Crippen molar-refractivity contribution >= 4 is 26.0 Å². The van der Waals surface area contributed by atoms with E-state index in [1.807, 2.05) is 6.07 Å². The van der Waals surface area contributed by atoms with Gasteiger partial charge in [0.15, 0.2) is 0 Å². The largest absolute Gasteiger partial charge is 0.326 e. The molecule has 0 aromatic heterocycles. The van der Waals surface area contributed by atoms with E-state index >= 15 is 0 Å². The summed E-state index contributed by atoms with van der Waals surface area (Å²) in [4.78, 5) is 0.303. The van der Waals surface area contributed by atoms with Crippen LogP contribution in [-0.2, 0) is 16.6 Å². The standard InChI is InChI=1S/C14H23BrN2O2S/c1-10(2)5-4-6-17-20(18,19)14-8-12(9-16)7-13(15)11(14)3/h7-8,10,17H,4-6,9,16H2,1-3H3. The number of nitrogens with one attached hydrogen (secondary N) is 1. The Bertz CT molecular complexity index is 557. The highest BCUT2D eigenvalue weighted by Gasteiger charge is 2.18. The average molecular weight is 363 g/mol. The number of hydrogen-bond donors (Lipinski definition) is 2. The Kier molecular flexibility index (Phi) is 6.64. The highest BCUT2D eigenvalue weighted by molar-refractivity contribution is 9.10. The first kappa shape index (κ1) is 17.6. The minimum Gasteiger partial charge on any atom is -0.326 e. The molecule has 4 nitrogen and oxygen atoms in total. The summed E-state index contributed by atoms with van der Waals surface area (Å²) < 4.78 is 28.1. The second kappa shape index (κ2) is 7.54. The van der Waals surface area contributed by atoms with Crippen LogP contribution in [0.25, 0.3) is 0 Å². The summed E-state index contributed by atoms with van der Waals surface area (Å²) in [7, 11) is -3.48. The van der Waals surface area contributed by atoms with Crippen molar-refractivity contribution in [3.05, 3.63) is 27.7 Å². The molecule has 0 bridgehead atoms. The zero-order chi connectivity index (χ0) is 15.3. The molecule has 1 aromatic rings. The van der Waals surface area contributed by atoms with Gasteiger partial charge in [0.2, 0.25) is 10.0 Å². The zero-order valence-electron chi connectivity index (χ0n) is 12.2.